The zero-order valence-corrected chi connectivity index (χ0v) is 6.46. The number of nitrogens with zero attached hydrogens (tertiary/aromatic N) is 2. The molecule has 1 aromatic heterocycles. The Kier molecular flexibility index (Phi) is 2.28. The summed E-state index contributed by atoms with van der Waals surface area (Å²) in [5.74, 6) is -0.440. The number of alkyl halides is 2. The number of halogens is 2. The molecular formula is C7H6F2N4. The standard InChI is InChI=1S/C7H6F2N4/c8-6(9)5-3(2-10)1-4(11)13-7(5)12/h1,6H,(H4,11,12,13). The van der Waals surface area contributed by atoms with Crippen molar-refractivity contribution in [1.82, 2.24) is 4.98 Å². The summed E-state index contributed by atoms with van der Waals surface area (Å²) in [7, 11) is 0. The zero-order valence-electron chi connectivity index (χ0n) is 6.46. The van der Waals surface area contributed by atoms with Gasteiger partial charge in [0.1, 0.15) is 11.6 Å². The van der Waals surface area contributed by atoms with E-state index >= 15 is 0 Å². The maximum absolute atomic E-state index is 12.3. The van der Waals surface area contributed by atoms with E-state index in [0.29, 0.717) is 0 Å². The second-order valence-electron chi connectivity index (χ2n) is 2.31. The summed E-state index contributed by atoms with van der Waals surface area (Å²) in [6.07, 6.45) is -2.82. The highest BCUT2D eigenvalue weighted by Gasteiger charge is 2.18. The molecule has 4 N–H and O–H groups in total. The van der Waals surface area contributed by atoms with Gasteiger partial charge in [0.25, 0.3) is 6.43 Å². The van der Waals surface area contributed by atoms with Crippen LogP contribution in [0.15, 0.2) is 6.07 Å². The van der Waals surface area contributed by atoms with E-state index in [1.54, 1.807) is 6.07 Å². The Morgan fingerprint density at radius 2 is 2.08 bits per heavy atom. The maximum Gasteiger partial charge on any atom is 0.268 e. The summed E-state index contributed by atoms with van der Waals surface area (Å²) in [4.78, 5) is 3.43. The minimum Gasteiger partial charge on any atom is -0.384 e. The molecule has 68 valence electrons. The van der Waals surface area contributed by atoms with Gasteiger partial charge in [0, 0.05) is 0 Å². The smallest absolute Gasteiger partial charge is 0.268 e. The lowest BCUT2D eigenvalue weighted by Gasteiger charge is -2.06. The number of nitrogens with two attached hydrogens (primary N) is 2. The molecule has 0 aromatic carbocycles. The van der Waals surface area contributed by atoms with E-state index in [1.165, 1.54) is 0 Å². The average molecular weight is 184 g/mol. The van der Waals surface area contributed by atoms with Crippen molar-refractivity contribution >= 4 is 11.6 Å². The third-order valence-corrected chi connectivity index (χ3v) is 1.45. The number of aromatic nitrogens is 1. The van der Waals surface area contributed by atoms with Gasteiger partial charge in [0.2, 0.25) is 0 Å². The Morgan fingerprint density at radius 1 is 1.46 bits per heavy atom. The van der Waals surface area contributed by atoms with Crippen molar-refractivity contribution < 1.29 is 8.78 Å². The lowest BCUT2D eigenvalue weighted by atomic mass is 10.1. The number of rotatable bonds is 1. The molecule has 0 bridgehead atoms. The highest BCUT2D eigenvalue weighted by Crippen LogP contribution is 2.27. The zero-order chi connectivity index (χ0) is 10.0. The summed E-state index contributed by atoms with van der Waals surface area (Å²) in [5, 5.41) is 8.49. The molecule has 0 saturated heterocycles. The highest BCUT2D eigenvalue weighted by molar-refractivity contribution is 5.56. The Balaban J connectivity index is 3.41. The van der Waals surface area contributed by atoms with E-state index < -0.39 is 17.8 Å². The van der Waals surface area contributed by atoms with Gasteiger partial charge in [0.05, 0.1) is 17.2 Å². The lowest BCUT2D eigenvalue weighted by molar-refractivity contribution is 0.151. The first-order chi connectivity index (χ1) is 6.06. The quantitative estimate of drug-likeness (QED) is 0.682. The normalized spacial score (nSPS) is 10.0. The first kappa shape index (κ1) is 9.19. The lowest BCUT2D eigenvalue weighted by Crippen LogP contribution is -2.04. The predicted octanol–water partition coefficient (Wildman–Crippen LogP) is 1.06. The number of hydrogen-bond donors (Lipinski definition) is 2. The van der Waals surface area contributed by atoms with Crippen molar-refractivity contribution in [3.63, 3.8) is 0 Å². The van der Waals surface area contributed by atoms with Crippen LogP contribution < -0.4 is 11.5 Å². The molecule has 0 aliphatic heterocycles. The van der Waals surface area contributed by atoms with E-state index in [2.05, 4.69) is 4.98 Å². The summed E-state index contributed by atoms with van der Waals surface area (Å²) >= 11 is 0. The first-order valence-corrected chi connectivity index (χ1v) is 3.30. The molecule has 1 aromatic rings. The molecule has 1 heterocycles. The van der Waals surface area contributed by atoms with Crippen LogP contribution in [0.2, 0.25) is 0 Å². The van der Waals surface area contributed by atoms with Crippen molar-refractivity contribution in [2.45, 2.75) is 6.43 Å². The van der Waals surface area contributed by atoms with Crippen LogP contribution in [-0.2, 0) is 0 Å². The second kappa shape index (κ2) is 3.23. The molecule has 4 nitrogen and oxygen atoms in total. The van der Waals surface area contributed by atoms with Crippen LogP contribution in [-0.4, -0.2) is 4.98 Å². The minimum atomic E-state index is -2.82. The SMILES string of the molecule is N#Cc1cc(N)nc(N)c1C(F)F. The fourth-order valence-electron chi connectivity index (χ4n) is 0.917. The van der Waals surface area contributed by atoms with Crippen LogP contribution in [0, 0.1) is 11.3 Å². The number of pyridine rings is 1. The van der Waals surface area contributed by atoms with Crippen molar-refractivity contribution in [2.75, 3.05) is 11.5 Å². The summed E-state index contributed by atoms with van der Waals surface area (Å²) in [6.45, 7) is 0. The van der Waals surface area contributed by atoms with Crippen LogP contribution >= 0.6 is 0 Å². The van der Waals surface area contributed by atoms with Gasteiger partial charge in [-0.1, -0.05) is 0 Å². The topological polar surface area (TPSA) is 88.7 Å². The molecule has 13 heavy (non-hydrogen) atoms. The summed E-state index contributed by atoms with van der Waals surface area (Å²) in [5.41, 5.74) is 9.60. The Morgan fingerprint density at radius 3 is 2.54 bits per heavy atom. The predicted molar refractivity (Wildman–Crippen MR) is 42.7 cm³/mol. The van der Waals surface area contributed by atoms with E-state index in [1.807, 2.05) is 0 Å². The molecule has 1 rings (SSSR count). The molecule has 6 heteroatoms. The first-order valence-electron chi connectivity index (χ1n) is 3.30. The minimum absolute atomic E-state index is 0.0431. The third-order valence-electron chi connectivity index (χ3n) is 1.45. The number of hydrogen-bond acceptors (Lipinski definition) is 4. The van der Waals surface area contributed by atoms with Gasteiger partial charge >= 0.3 is 0 Å². The maximum atomic E-state index is 12.3. The van der Waals surface area contributed by atoms with Crippen LogP contribution in [0.3, 0.4) is 0 Å². The van der Waals surface area contributed by atoms with Crippen LogP contribution in [0.4, 0.5) is 20.4 Å². The number of anilines is 2. The van der Waals surface area contributed by atoms with E-state index in [4.69, 9.17) is 16.7 Å². The van der Waals surface area contributed by atoms with Crippen LogP contribution in [0.5, 0.6) is 0 Å². The monoisotopic (exact) mass is 184 g/mol. The Bertz CT molecular complexity index is 369. The molecule has 0 aliphatic rings. The Labute approximate surface area is 72.8 Å². The van der Waals surface area contributed by atoms with Gasteiger partial charge < -0.3 is 11.5 Å². The van der Waals surface area contributed by atoms with Crippen molar-refractivity contribution in [3.8, 4) is 6.07 Å². The van der Waals surface area contributed by atoms with Gasteiger partial charge in [-0.15, -0.1) is 0 Å². The highest BCUT2D eigenvalue weighted by atomic mass is 19.3. The molecule has 0 atom stereocenters. The number of nitrogen functional groups attached to an aromatic ring is 2. The number of nitriles is 1. The Hall–Kier alpha value is -1.90. The fraction of sp³-hybridized carbons (Fsp3) is 0.143. The molecule has 0 saturated carbocycles. The summed E-state index contributed by atoms with van der Waals surface area (Å²) < 4.78 is 24.6. The third kappa shape index (κ3) is 1.64. The molecular weight excluding hydrogens is 178 g/mol. The van der Waals surface area contributed by atoms with Gasteiger partial charge in [-0.3, -0.25) is 0 Å². The average Bonchev–Trinajstić information content (AvgIpc) is 2.01. The molecule has 0 amide bonds. The van der Waals surface area contributed by atoms with Gasteiger partial charge in [-0.2, -0.15) is 5.26 Å². The van der Waals surface area contributed by atoms with E-state index in [-0.39, 0.29) is 11.4 Å². The largest absolute Gasteiger partial charge is 0.384 e. The van der Waals surface area contributed by atoms with Crippen LogP contribution in [0.1, 0.15) is 17.6 Å². The van der Waals surface area contributed by atoms with Gasteiger partial charge in [-0.05, 0) is 6.07 Å². The van der Waals surface area contributed by atoms with E-state index in [9.17, 15) is 8.78 Å². The van der Waals surface area contributed by atoms with Crippen LogP contribution in [0.25, 0.3) is 0 Å². The molecule has 0 unspecified atom stereocenters. The second-order valence-corrected chi connectivity index (χ2v) is 2.31. The molecule has 0 radical (unpaired) electrons. The van der Waals surface area contributed by atoms with E-state index in [0.717, 1.165) is 6.07 Å². The van der Waals surface area contributed by atoms with Gasteiger partial charge in [0.15, 0.2) is 0 Å². The molecule has 0 aliphatic carbocycles. The fourth-order valence-corrected chi connectivity index (χ4v) is 0.917. The van der Waals surface area contributed by atoms with Crippen molar-refractivity contribution in [2.24, 2.45) is 0 Å². The molecule has 0 fully saturated rings. The van der Waals surface area contributed by atoms with Crippen molar-refractivity contribution in [3.05, 3.63) is 17.2 Å². The van der Waals surface area contributed by atoms with Crippen molar-refractivity contribution in [1.29, 1.82) is 5.26 Å². The summed E-state index contributed by atoms with van der Waals surface area (Å²) in [6, 6.07) is 2.65. The van der Waals surface area contributed by atoms with Gasteiger partial charge in [-0.25, -0.2) is 13.8 Å². The molecule has 0 spiro atoms.